The summed E-state index contributed by atoms with van der Waals surface area (Å²) < 4.78 is 6.40. The molecule has 3 N–H and O–H groups in total. The maximum Gasteiger partial charge on any atom is 0.136 e. The molecule has 0 aliphatic heterocycles. The van der Waals surface area contributed by atoms with Gasteiger partial charge < -0.3 is 15.5 Å². The van der Waals surface area contributed by atoms with Crippen LogP contribution in [0.25, 0.3) is 0 Å². The summed E-state index contributed by atoms with van der Waals surface area (Å²) in [6, 6.07) is 2.49. The highest BCUT2D eigenvalue weighted by Gasteiger charge is 2.20. The van der Waals surface area contributed by atoms with Crippen LogP contribution in [0.2, 0.25) is 0 Å². The molecule has 3 nitrogen and oxygen atoms in total. The number of rotatable bonds is 4. The van der Waals surface area contributed by atoms with Gasteiger partial charge in [-0.15, -0.1) is 0 Å². The first-order valence-electron chi connectivity index (χ1n) is 5.15. The van der Waals surface area contributed by atoms with E-state index in [1.54, 1.807) is 6.26 Å². The Bertz CT molecular complexity index is 340. The Hall–Kier alpha value is -0.580. The van der Waals surface area contributed by atoms with Crippen LogP contribution in [0.1, 0.15) is 24.6 Å². The van der Waals surface area contributed by atoms with Crippen molar-refractivity contribution in [2.24, 2.45) is 5.73 Å². The standard InChI is InChI=1S/C11H15BrN2O/c12-9-5-6-15-11(9)10(7-13)14-8-3-1-2-4-8/h1-2,5-6,8,10,14H,3-4,7,13H2. The number of nitrogens with two attached hydrogens (primary N) is 1. The van der Waals surface area contributed by atoms with Crippen molar-refractivity contribution < 1.29 is 4.42 Å². The van der Waals surface area contributed by atoms with Crippen LogP contribution in [0, 0.1) is 0 Å². The largest absolute Gasteiger partial charge is 0.466 e. The highest BCUT2D eigenvalue weighted by molar-refractivity contribution is 9.10. The highest BCUT2D eigenvalue weighted by Crippen LogP contribution is 2.25. The first-order valence-corrected chi connectivity index (χ1v) is 5.94. The van der Waals surface area contributed by atoms with Crippen molar-refractivity contribution in [3.63, 3.8) is 0 Å². The van der Waals surface area contributed by atoms with E-state index in [4.69, 9.17) is 10.2 Å². The second-order valence-electron chi connectivity index (χ2n) is 3.73. The van der Waals surface area contributed by atoms with E-state index < -0.39 is 0 Å². The molecule has 2 rings (SSSR count). The predicted octanol–water partition coefficient (Wildman–Crippen LogP) is 2.35. The molecule has 0 bridgehead atoms. The number of hydrogen-bond acceptors (Lipinski definition) is 3. The molecule has 1 unspecified atom stereocenters. The molecule has 0 fully saturated rings. The van der Waals surface area contributed by atoms with E-state index in [0.717, 1.165) is 23.1 Å². The molecule has 0 aromatic carbocycles. The van der Waals surface area contributed by atoms with E-state index in [9.17, 15) is 0 Å². The Labute approximate surface area is 97.8 Å². The van der Waals surface area contributed by atoms with Crippen LogP contribution in [0.15, 0.2) is 33.4 Å². The zero-order chi connectivity index (χ0) is 10.7. The summed E-state index contributed by atoms with van der Waals surface area (Å²) >= 11 is 3.45. The molecular weight excluding hydrogens is 256 g/mol. The van der Waals surface area contributed by atoms with E-state index in [-0.39, 0.29) is 6.04 Å². The van der Waals surface area contributed by atoms with Crippen molar-refractivity contribution in [2.45, 2.75) is 24.9 Å². The van der Waals surface area contributed by atoms with E-state index in [1.165, 1.54) is 0 Å². The number of hydrogen-bond donors (Lipinski definition) is 2. The molecule has 1 aromatic rings. The smallest absolute Gasteiger partial charge is 0.136 e. The van der Waals surface area contributed by atoms with Crippen molar-refractivity contribution in [3.05, 3.63) is 34.7 Å². The van der Waals surface area contributed by atoms with E-state index in [0.29, 0.717) is 12.6 Å². The number of halogens is 1. The van der Waals surface area contributed by atoms with Gasteiger partial charge in [0.05, 0.1) is 16.8 Å². The monoisotopic (exact) mass is 270 g/mol. The van der Waals surface area contributed by atoms with Crippen molar-refractivity contribution in [3.8, 4) is 0 Å². The molecule has 1 aliphatic carbocycles. The summed E-state index contributed by atoms with van der Waals surface area (Å²) in [7, 11) is 0. The van der Waals surface area contributed by atoms with Crippen LogP contribution in [0.5, 0.6) is 0 Å². The second-order valence-corrected chi connectivity index (χ2v) is 4.58. The molecule has 15 heavy (non-hydrogen) atoms. The SMILES string of the molecule is NCC(NC1CC=CC1)c1occc1Br. The highest BCUT2D eigenvalue weighted by atomic mass is 79.9. The van der Waals surface area contributed by atoms with Crippen molar-refractivity contribution >= 4 is 15.9 Å². The summed E-state index contributed by atoms with van der Waals surface area (Å²) in [6.45, 7) is 0.544. The molecule has 0 saturated heterocycles. The van der Waals surface area contributed by atoms with Crippen LogP contribution >= 0.6 is 15.9 Å². The lowest BCUT2D eigenvalue weighted by Gasteiger charge is -2.20. The molecule has 82 valence electrons. The van der Waals surface area contributed by atoms with Gasteiger partial charge in [0.1, 0.15) is 5.76 Å². The van der Waals surface area contributed by atoms with Crippen LogP contribution in [-0.2, 0) is 0 Å². The minimum Gasteiger partial charge on any atom is -0.466 e. The average molecular weight is 271 g/mol. The van der Waals surface area contributed by atoms with Crippen LogP contribution < -0.4 is 11.1 Å². The summed E-state index contributed by atoms with van der Waals surface area (Å²) in [5.74, 6) is 0.893. The lowest BCUT2D eigenvalue weighted by molar-refractivity contribution is 0.379. The minimum absolute atomic E-state index is 0.0966. The fourth-order valence-corrected chi connectivity index (χ4v) is 2.32. The lowest BCUT2D eigenvalue weighted by Crippen LogP contribution is -2.35. The molecule has 0 saturated carbocycles. The summed E-state index contributed by atoms with van der Waals surface area (Å²) in [5.41, 5.74) is 5.75. The van der Waals surface area contributed by atoms with Gasteiger partial charge in [0.2, 0.25) is 0 Å². The summed E-state index contributed by atoms with van der Waals surface area (Å²) in [6.07, 6.45) is 8.23. The lowest BCUT2D eigenvalue weighted by atomic mass is 10.1. The molecule has 4 heteroatoms. The van der Waals surface area contributed by atoms with Gasteiger partial charge in [-0.3, -0.25) is 0 Å². The quantitative estimate of drug-likeness (QED) is 0.826. The Morgan fingerprint density at radius 3 is 2.80 bits per heavy atom. The minimum atomic E-state index is 0.0966. The van der Waals surface area contributed by atoms with Crippen molar-refractivity contribution in [1.29, 1.82) is 0 Å². The molecule has 1 heterocycles. The van der Waals surface area contributed by atoms with E-state index in [2.05, 4.69) is 33.4 Å². The first kappa shape index (κ1) is 10.9. The zero-order valence-electron chi connectivity index (χ0n) is 8.45. The maximum atomic E-state index is 5.75. The molecule has 0 spiro atoms. The fourth-order valence-electron chi connectivity index (χ4n) is 1.84. The average Bonchev–Trinajstić information content (AvgIpc) is 2.85. The number of furan rings is 1. The van der Waals surface area contributed by atoms with Crippen molar-refractivity contribution in [2.75, 3.05) is 6.54 Å². The van der Waals surface area contributed by atoms with Gasteiger partial charge in [0.15, 0.2) is 0 Å². The van der Waals surface area contributed by atoms with Gasteiger partial charge in [-0.1, -0.05) is 12.2 Å². The second kappa shape index (κ2) is 4.96. The molecule has 1 atom stereocenters. The first-order chi connectivity index (χ1) is 7.31. The topological polar surface area (TPSA) is 51.2 Å². The Kier molecular flexibility index (Phi) is 3.61. The van der Waals surface area contributed by atoms with Gasteiger partial charge in [0.25, 0.3) is 0 Å². The van der Waals surface area contributed by atoms with E-state index in [1.807, 2.05) is 6.07 Å². The van der Waals surface area contributed by atoms with Crippen LogP contribution in [-0.4, -0.2) is 12.6 Å². The molecule has 0 amide bonds. The van der Waals surface area contributed by atoms with Crippen LogP contribution in [0.4, 0.5) is 0 Å². The summed E-state index contributed by atoms with van der Waals surface area (Å²) in [5, 5.41) is 3.50. The van der Waals surface area contributed by atoms with Crippen LogP contribution in [0.3, 0.4) is 0 Å². The Balaban J connectivity index is 2.01. The van der Waals surface area contributed by atoms with Gasteiger partial charge in [-0.2, -0.15) is 0 Å². The summed E-state index contributed by atoms with van der Waals surface area (Å²) in [4.78, 5) is 0. The zero-order valence-corrected chi connectivity index (χ0v) is 10.0. The molecule has 0 radical (unpaired) electrons. The van der Waals surface area contributed by atoms with Gasteiger partial charge in [-0.05, 0) is 34.8 Å². The Morgan fingerprint density at radius 2 is 2.27 bits per heavy atom. The Morgan fingerprint density at radius 1 is 1.53 bits per heavy atom. The molecule has 1 aromatic heterocycles. The normalized spacial score (nSPS) is 18.5. The van der Waals surface area contributed by atoms with E-state index >= 15 is 0 Å². The fraction of sp³-hybridized carbons (Fsp3) is 0.455. The van der Waals surface area contributed by atoms with Gasteiger partial charge in [0, 0.05) is 12.6 Å². The molecular formula is C11H15BrN2O. The predicted molar refractivity (Wildman–Crippen MR) is 63.5 cm³/mol. The third-order valence-electron chi connectivity index (χ3n) is 2.64. The third kappa shape index (κ3) is 2.51. The third-order valence-corrected chi connectivity index (χ3v) is 3.30. The molecule has 1 aliphatic rings. The maximum absolute atomic E-state index is 5.75. The van der Waals surface area contributed by atoms with Crippen molar-refractivity contribution in [1.82, 2.24) is 5.32 Å². The number of nitrogens with one attached hydrogen (secondary N) is 1. The van der Waals surface area contributed by atoms with Gasteiger partial charge in [-0.25, -0.2) is 0 Å². The van der Waals surface area contributed by atoms with Gasteiger partial charge >= 0.3 is 0 Å².